The van der Waals surface area contributed by atoms with Gasteiger partial charge in [-0.25, -0.2) is 0 Å². The third-order valence-electron chi connectivity index (χ3n) is 5.18. The Morgan fingerprint density at radius 2 is 2.12 bits per heavy atom. The van der Waals surface area contributed by atoms with Gasteiger partial charge in [0.25, 0.3) is 5.91 Å². The molecule has 1 amide bonds. The average Bonchev–Trinajstić information content (AvgIpc) is 3.04. The molecule has 3 rings (SSSR count). The summed E-state index contributed by atoms with van der Waals surface area (Å²) in [7, 11) is 0. The van der Waals surface area contributed by atoms with Crippen molar-refractivity contribution in [3.8, 4) is 0 Å². The van der Waals surface area contributed by atoms with Gasteiger partial charge in [-0.15, -0.1) is 0 Å². The molecule has 2 N–H and O–H groups in total. The Hall–Kier alpha value is -2.14. The van der Waals surface area contributed by atoms with E-state index in [1.165, 1.54) is 5.56 Å². The van der Waals surface area contributed by atoms with Crippen LogP contribution in [0.3, 0.4) is 0 Å². The summed E-state index contributed by atoms with van der Waals surface area (Å²) < 4.78 is 1.95. The van der Waals surface area contributed by atoms with Crippen molar-refractivity contribution < 1.29 is 4.79 Å². The molecule has 134 valence electrons. The van der Waals surface area contributed by atoms with E-state index >= 15 is 0 Å². The molecule has 0 radical (unpaired) electrons. The molecule has 0 bridgehead atoms. The molecular formula is C20H28N4O. The van der Waals surface area contributed by atoms with E-state index in [0.717, 1.165) is 43.6 Å². The van der Waals surface area contributed by atoms with Gasteiger partial charge in [-0.1, -0.05) is 37.3 Å². The minimum absolute atomic E-state index is 0.0986. The summed E-state index contributed by atoms with van der Waals surface area (Å²) in [6, 6.07) is 10.4. The van der Waals surface area contributed by atoms with Crippen molar-refractivity contribution in [1.29, 1.82) is 0 Å². The van der Waals surface area contributed by atoms with E-state index in [1.807, 2.05) is 34.7 Å². The second-order valence-corrected chi connectivity index (χ2v) is 7.01. The number of carbonyl (C=O) groups excluding carboxylic acids is 1. The Labute approximate surface area is 149 Å². The molecule has 2 aromatic rings. The number of aromatic nitrogens is 2. The van der Waals surface area contributed by atoms with Crippen LogP contribution < -0.4 is 5.73 Å². The van der Waals surface area contributed by atoms with Gasteiger partial charge in [0.2, 0.25) is 0 Å². The maximum absolute atomic E-state index is 13.0. The number of hydrogen-bond acceptors (Lipinski definition) is 3. The van der Waals surface area contributed by atoms with Gasteiger partial charge >= 0.3 is 0 Å². The smallest absolute Gasteiger partial charge is 0.257 e. The molecule has 0 saturated carbocycles. The van der Waals surface area contributed by atoms with Gasteiger partial charge in [-0.3, -0.25) is 9.48 Å². The Morgan fingerprint density at radius 1 is 1.36 bits per heavy atom. The minimum atomic E-state index is 0.0986. The summed E-state index contributed by atoms with van der Waals surface area (Å²) in [6.07, 6.45) is 4.66. The van der Waals surface area contributed by atoms with Gasteiger partial charge in [0.1, 0.15) is 0 Å². The number of carbonyl (C=O) groups is 1. The summed E-state index contributed by atoms with van der Waals surface area (Å²) in [5.41, 5.74) is 9.00. The van der Waals surface area contributed by atoms with Crippen LogP contribution in [-0.2, 0) is 13.0 Å². The molecular weight excluding hydrogens is 312 g/mol. The first-order valence-electron chi connectivity index (χ1n) is 9.23. The fraction of sp³-hybridized carbons (Fsp3) is 0.500. The van der Waals surface area contributed by atoms with Crippen LogP contribution in [0, 0.1) is 5.92 Å². The highest BCUT2D eigenvalue weighted by molar-refractivity contribution is 5.95. The summed E-state index contributed by atoms with van der Waals surface area (Å²) in [4.78, 5) is 15.0. The van der Waals surface area contributed by atoms with Gasteiger partial charge < -0.3 is 10.6 Å². The predicted octanol–water partition coefficient (Wildman–Crippen LogP) is 2.69. The second-order valence-electron chi connectivity index (χ2n) is 7.01. The van der Waals surface area contributed by atoms with Gasteiger partial charge in [0.15, 0.2) is 0 Å². The van der Waals surface area contributed by atoms with Crippen molar-refractivity contribution in [3.05, 3.63) is 53.3 Å². The quantitative estimate of drug-likeness (QED) is 0.910. The highest BCUT2D eigenvalue weighted by Gasteiger charge is 2.28. The van der Waals surface area contributed by atoms with Gasteiger partial charge in [0, 0.05) is 19.1 Å². The van der Waals surface area contributed by atoms with Crippen molar-refractivity contribution in [2.45, 2.75) is 45.7 Å². The summed E-state index contributed by atoms with van der Waals surface area (Å²) in [5.74, 6) is 0.489. The highest BCUT2D eigenvalue weighted by atomic mass is 16.2. The maximum Gasteiger partial charge on any atom is 0.257 e. The number of benzene rings is 1. The molecule has 1 aliphatic heterocycles. The molecule has 25 heavy (non-hydrogen) atoms. The lowest BCUT2D eigenvalue weighted by Gasteiger charge is -2.34. The lowest BCUT2D eigenvalue weighted by atomic mass is 9.92. The van der Waals surface area contributed by atoms with Crippen LogP contribution in [0.5, 0.6) is 0 Å². The zero-order chi connectivity index (χ0) is 17.8. The van der Waals surface area contributed by atoms with Crippen molar-refractivity contribution in [3.63, 3.8) is 0 Å². The zero-order valence-corrected chi connectivity index (χ0v) is 15.2. The van der Waals surface area contributed by atoms with Crippen LogP contribution in [-0.4, -0.2) is 39.7 Å². The van der Waals surface area contributed by atoms with Crippen molar-refractivity contribution in [2.24, 2.45) is 11.7 Å². The number of hydrogen-bond donors (Lipinski definition) is 1. The zero-order valence-electron chi connectivity index (χ0n) is 15.2. The average molecular weight is 340 g/mol. The largest absolute Gasteiger partial charge is 0.338 e. The first-order valence-corrected chi connectivity index (χ1v) is 9.23. The Kier molecular flexibility index (Phi) is 5.53. The van der Waals surface area contributed by atoms with E-state index < -0.39 is 0 Å². The first-order chi connectivity index (χ1) is 12.1. The number of piperidine rings is 1. The number of likely N-dealkylation sites (tertiary alicyclic amines) is 1. The van der Waals surface area contributed by atoms with Crippen LogP contribution in [0.1, 0.15) is 48.3 Å². The molecule has 2 heterocycles. The molecule has 1 saturated heterocycles. The molecule has 1 fully saturated rings. The summed E-state index contributed by atoms with van der Waals surface area (Å²) in [5, 5.41) is 4.50. The van der Waals surface area contributed by atoms with E-state index in [9.17, 15) is 4.79 Å². The third kappa shape index (κ3) is 3.93. The lowest BCUT2D eigenvalue weighted by molar-refractivity contribution is 0.0659. The topological polar surface area (TPSA) is 64.2 Å². The standard InChI is InChI=1S/C20H28N4O/c1-3-19-18(12-22-24(19)13-16-8-5-4-6-9-16)20(25)23-11-7-10-17(14-23)15(2)21/h4-6,8-9,12,15,17H,3,7,10-11,13-14,21H2,1-2H3/t15-,17-/m1/s1. The van der Waals surface area contributed by atoms with Gasteiger partial charge in [-0.2, -0.15) is 5.10 Å². The van der Waals surface area contributed by atoms with Crippen LogP contribution in [0.2, 0.25) is 0 Å². The highest BCUT2D eigenvalue weighted by Crippen LogP contribution is 2.22. The molecule has 0 aliphatic carbocycles. The second kappa shape index (κ2) is 7.83. The first kappa shape index (κ1) is 17.7. The summed E-state index contributed by atoms with van der Waals surface area (Å²) >= 11 is 0. The Bertz CT molecular complexity index is 708. The molecule has 1 aromatic heterocycles. The number of rotatable bonds is 5. The molecule has 5 heteroatoms. The third-order valence-corrected chi connectivity index (χ3v) is 5.18. The Morgan fingerprint density at radius 3 is 2.80 bits per heavy atom. The normalized spacial score (nSPS) is 19.0. The lowest BCUT2D eigenvalue weighted by Crippen LogP contribution is -2.45. The molecule has 1 aromatic carbocycles. The monoisotopic (exact) mass is 340 g/mol. The number of nitrogens with zero attached hydrogens (tertiary/aromatic N) is 3. The van der Waals surface area contributed by atoms with Crippen molar-refractivity contribution in [1.82, 2.24) is 14.7 Å². The van der Waals surface area contributed by atoms with Crippen LogP contribution in [0.25, 0.3) is 0 Å². The van der Waals surface area contributed by atoms with Crippen molar-refractivity contribution >= 4 is 5.91 Å². The van der Waals surface area contributed by atoms with E-state index in [1.54, 1.807) is 6.20 Å². The fourth-order valence-electron chi connectivity index (χ4n) is 3.65. The molecule has 0 unspecified atom stereocenters. The molecule has 2 atom stereocenters. The fourth-order valence-corrected chi connectivity index (χ4v) is 3.65. The molecule has 5 nitrogen and oxygen atoms in total. The minimum Gasteiger partial charge on any atom is -0.338 e. The van der Waals surface area contributed by atoms with Crippen molar-refractivity contribution in [2.75, 3.05) is 13.1 Å². The Balaban J connectivity index is 1.79. The molecule has 1 aliphatic rings. The van der Waals surface area contributed by atoms with Gasteiger partial charge in [0.05, 0.1) is 24.0 Å². The van der Waals surface area contributed by atoms with E-state index in [4.69, 9.17) is 5.73 Å². The van der Waals surface area contributed by atoms with E-state index in [-0.39, 0.29) is 11.9 Å². The van der Waals surface area contributed by atoms with Crippen LogP contribution in [0.4, 0.5) is 0 Å². The number of amides is 1. The number of nitrogens with two attached hydrogens (primary N) is 1. The predicted molar refractivity (Wildman–Crippen MR) is 99.4 cm³/mol. The SMILES string of the molecule is CCc1c(C(=O)N2CCC[C@@H]([C@@H](C)N)C2)cnn1Cc1ccccc1. The van der Waals surface area contributed by atoms with E-state index in [2.05, 4.69) is 24.2 Å². The van der Waals surface area contributed by atoms with Crippen LogP contribution in [0.15, 0.2) is 36.5 Å². The molecule has 0 spiro atoms. The summed E-state index contributed by atoms with van der Waals surface area (Å²) in [6.45, 7) is 6.38. The van der Waals surface area contributed by atoms with Crippen LogP contribution >= 0.6 is 0 Å². The van der Waals surface area contributed by atoms with E-state index in [0.29, 0.717) is 12.5 Å². The maximum atomic E-state index is 13.0. The van der Waals surface area contributed by atoms with Gasteiger partial charge in [-0.05, 0) is 37.7 Å².